The van der Waals surface area contributed by atoms with Crippen molar-refractivity contribution in [2.45, 2.75) is 37.7 Å². The maximum Gasteiger partial charge on any atom is 0.107 e. The normalized spacial score (nSPS) is 17.4. The van der Waals surface area contributed by atoms with Gasteiger partial charge in [-0.1, -0.05) is 6.42 Å². The van der Waals surface area contributed by atoms with Gasteiger partial charge in [0.15, 0.2) is 0 Å². The van der Waals surface area contributed by atoms with Crippen LogP contribution < -0.4 is 0 Å². The molecule has 1 aliphatic carbocycles. The van der Waals surface area contributed by atoms with E-state index < -0.39 is 0 Å². The van der Waals surface area contributed by atoms with Gasteiger partial charge in [-0.25, -0.2) is 4.98 Å². The third-order valence-corrected chi connectivity index (χ3v) is 3.98. The van der Waals surface area contributed by atoms with Crippen LogP contribution in [0.5, 0.6) is 0 Å². The van der Waals surface area contributed by atoms with Gasteiger partial charge in [-0.3, -0.25) is 4.90 Å². The van der Waals surface area contributed by atoms with Gasteiger partial charge in [0.2, 0.25) is 0 Å². The standard InChI is InChI=1S/C10H15ClN2S/c1-13(9-3-2-4-9)6-10-12-8(5-11)7-14-10/h7,9H,2-6H2,1H3. The molecule has 1 heterocycles. The SMILES string of the molecule is CN(Cc1nc(CCl)cs1)C1CCC1. The van der Waals surface area contributed by atoms with E-state index in [-0.39, 0.29) is 0 Å². The fourth-order valence-electron chi connectivity index (χ4n) is 1.65. The Morgan fingerprint density at radius 3 is 2.93 bits per heavy atom. The third-order valence-electron chi connectivity index (χ3n) is 2.82. The fourth-order valence-corrected chi connectivity index (χ4v) is 2.74. The lowest BCUT2D eigenvalue weighted by Crippen LogP contribution is -2.36. The Bertz CT molecular complexity index is 296. The zero-order valence-electron chi connectivity index (χ0n) is 8.37. The molecule has 0 radical (unpaired) electrons. The lowest BCUT2D eigenvalue weighted by molar-refractivity contribution is 0.152. The van der Waals surface area contributed by atoms with Crippen LogP contribution in [0.3, 0.4) is 0 Å². The molecule has 4 heteroatoms. The second-order valence-electron chi connectivity index (χ2n) is 3.87. The third kappa shape index (κ3) is 2.27. The van der Waals surface area contributed by atoms with Crippen molar-refractivity contribution in [3.05, 3.63) is 16.1 Å². The van der Waals surface area contributed by atoms with Crippen LogP contribution in [-0.4, -0.2) is 23.0 Å². The Kier molecular flexibility index (Phi) is 3.42. The van der Waals surface area contributed by atoms with Gasteiger partial charge in [0.1, 0.15) is 5.01 Å². The summed E-state index contributed by atoms with van der Waals surface area (Å²) < 4.78 is 0. The predicted octanol–water partition coefficient (Wildman–Crippen LogP) is 2.87. The smallest absolute Gasteiger partial charge is 0.107 e. The van der Waals surface area contributed by atoms with Gasteiger partial charge in [0.05, 0.1) is 18.1 Å². The first-order valence-electron chi connectivity index (χ1n) is 4.99. The fraction of sp³-hybridized carbons (Fsp3) is 0.700. The lowest BCUT2D eigenvalue weighted by atomic mass is 9.92. The van der Waals surface area contributed by atoms with Crippen molar-refractivity contribution in [1.82, 2.24) is 9.88 Å². The summed E-state index contributed by atoms with van der Waals surface area (Å²) in [6.45, 7) is 0.978. The van der Waals surface area contributed by atoms with Gasteiger partial charge in [-0.05, 0) is 19.9 Å². The minimum absolute atomic E-state index is 0.531. The molecule has 78 valence electrons. The van der Waals surface area contributed by atoms with Crippen LogP contribution in [0.25, 0.3) is 0 Å². The number of rotatable bonds is 4. The first kappa shape index (κ1) is 10.4. The minimum atomic E-state index is 0.531. The van der Waals surface area contributed by atoms with Gasteiger partial charge in [-0.15, -0.1) is 22.9 Å². The van der Waals surface area contributed by atoms with E-state index >= 15 is 0 Å². The Morgan fingerprint density at radius 2 is 2.43 bits per heavy atom. The van der Waals surface area contributed by atoms with Crippen molar-refractivity contribution in [3.8, 4) is 0 Å². The van der Waals surface area contributed by atoms with Crippen LogP contribution in [-0.2, 0) is 12.4 Å². The summed E-state index contributed by atoms with van der Waals surface area (Å²) >= 11 is 7.43. The highest BCUT2D eigenvalue weighted by Gasteiger charge is 2.22. The number of thiazole rings is 1. The molecule has 0 aromatic carbocycles. The lowest BCUT2D eigenvalue weighted by Gasteiger charge is -2.34. The molecular formula is C10H15ClN2S. The van der Waals surface area contributed by atoms with Gasteiger partial charge >= 0.3 is 0 Å². The van der Waals surface area contributed by atoms with Crippen molar-refractivity contribution < 1.29 is 0 Å². The number of hydrogen-bond donors (Lipinski definition) is 0. The highest BCUT2D eigenvalue weighted by molar-refractivity contribution is 7.09. The van der Waals surface area contributed by atoms with E-state index in [0.29, 0.717) is 5.88 Å². The number of aromatic nitrogens is 1. The summed E-state index contributed by atoms with van der Waals surface area (Å²) in [6.07, 6.45) is 4.09. The van der Waals surface area contributed by atoms with E-state index in [0.717, 1.165) is 18.3 Å². The first-order chi connectivity index (χ1) is 6.79. The van der Waals surface area contributed by atoms with E-state index in [1.54, 1.807) is 11.3 Å². The molecule has 14 heavy (non-hydrogen) atoms. The molecule has 0 bridgehead atoms. The molecule has 0 aliphatic heterocycles. The van der Waals surface area contributed by atoms with Crippen molar-refractivity contribution in [1.29, 1.82) is 0 Å². The molecule has 0 amide bonds. The van der Waals surface area contributed by atoms with Crippen molar-refractivity contribution in [2.75, 3.05) is 7.05 Å². The molecule has 1 saturated carbocycles. The molecule has 1 aromatic rings. The average molecular weight is 231 g/mol. The summed E-state index contributed by atoms with van der Waals surface area (Å²) in [4.78, 5) is 6.86. The Morgan fingerprint density at radius 1 is 1.64 bits per heavy atom. The molecular weight excluding hydrogens is 216 g/mol. The molecule has 2 rings (SSSR count). The van der Waals surface area contributed by atoms with Crippen LogP contribution in [0, 0.1) is 0 Å². The van der Waals surface area contributed by atoms with Gasteiger partial charge < -0.3 is 0 Å². The zero-order chi connectivity index (χ0) is 9.97. The van der Waals surface area contributed by atoms with Gasteiger partial charge in [0, 0.05) is 11.4 Å². The van der Waals surface area contributed by atoms with E-state index in [1.165, 1.54) is 24.3 Å². The van der Waals surface area contributed by atoms with Crippen LogP contribution in [0.4, 0.5) is 0 Å². The molecule has 1 fully saturated rings. The van der Waals surface area contributed by atoms with Crippen molar-refractivity contribution in [2.24, 2.45) is 0 Å². The van der Waals surface area contributed by atoms with E-state index in [4.69, 9.17) is 11.6 Å². The van der Waals surface area contributed by atoms with Gasteiger partial charge in [-0.2, -0.15) is 0 Å². The predicted molar refractivity (Wildman–Crippen MR) is 60.8 cm³/mol. The molecule has 0 saturated heterocycles. The minimum Gasteiger partial charge on any atom is -0.297 e. The molecule has 0 atom stereocenters. The number of hydrogen-bond acceptors (Lipinski definition) is 3. The zero-order valence-corrected chi connectivity index (χ0v) is 9.94. The average Bonchev–Trinajstić information content (AvgIpc) is 2.48. The Hall–Kier alpha value is -0.120. The van der Waals surface area contributed by atoms with Gasteiger partial charge in [0.25, 0.3) is 0 Å². The van der Waals surface area contributed by atoms with E-state index in [9.17, 15) is 0 Å². The van der Waals surface area contributed by atoms with Crippen LogP contribution in [0.15, 0.2) is 5.38 Å². The maximum absolute atomic E-state index is 5.71. The topological polar surface area (TPSA) is 16.1 Å². The second-order valence-corrected chi connectivity index (χ2v) is 5.08. The highest BCUT2D eigenvalue weighted by atomic mass is 35.5. The number of alkyl halides is 1. The van der Waals surface area contributed by atoms with Crippen molar-refractivity contribution in [3.63, 3.8) is 0 Å². The summed E-state index contributed by atoms with van der Waals surface area (Å²) in [5.41, 5.74) is 1.01. The molecule has 1 aliphatic rings. The maximum atomic E-state index is 5.71. The quantitative estimate of drug-likeness (QED) is 0.740. The van der Waals surface area contributed by atoms with Crippen LogP contribution >= 0.6 is 22.9 Å². The van der Waals surface area contributed by atoms with E-state index in [2.05, 4.69) is 22.3 Å². The number of halogens is 1. The van der Waals surface area contributed by atoms with Crippen LogP contribution in [0.1, 0.15) is 30.0 Å². The molecule has 2 nitrogen and oxygen atoms in total. The largest absolute Gasteiger partial charge is 0.297 e. The van der Waals surface area contributed by atoms with Crippen LogP contribution in [0.2, 0.25) is 0 Å². The van der Waals surface area contributed by atoms with Crippen molar-refractivity contribution >= 4 is 22.9 Å². The molecule has 0 unspecified atom stereocenters. The summed E-state index contributed by atoms with van der Waals surface area (Å²) in [6, 6.07) is 0.790. The first-order valence-corrected chi connectivity index (χ1v) is 6.40. The Labute approximate surface area is 93.9 Å². The monoisotopic (exact) mass is 230 g/mol. The second kappa shape index (κ2) is 4.60. The molecule has 1 aromatic heterocycles. The summed E-state index contributed by atoms with van der Waals surface area (Å²) in [5.74, 6) is 0.531. The van der Waals surface area contributed by atoms with E-state index in [1.807, 2.05) is 0 Å². The summed E-state index contributed by atoms with van der Waals surface area (Å²) in [5, 5.41) is 3.24. The molecule has 0 spiro atoms. The Balaban J connectivity index is 1.89. The summed E-state index contributed by atoms with van der Waals surface area (Å²) in [7, 11) is 2.19. The molecule has 0 N–H and O–H groups in total. The highest BCUT2D eigenvalue weighted by Crippen LogP contribution is 2.25. The number of nitrogens with zero attached hydrogens (tertiary/aromatic N) is 2.